The predicted molar refractivity (Wildman–Crippen MR) is 92.0 cm³/mol. The average molecular weight is 334 g/mol. The van der Waals surface area contributed by atoms with Crippen LogP contribution in [0.5, 0.6) is 0 Å². The first-order valence-electron chi connectivity index (χ1n) is 7.47. The second-order valence-electron chi connectivity index (χ2n) is 5.19. The summed E-state index contributed by atoms with van der Waals surface area (Å²) >= 11 is 0. The first-order chi connectivity index (χ1) is 12.2. The second-order valence-corrected chi connectivity index (χ2v) is 5.19. The third-order valence-electron chi connectivity index (χ3n) is 3.42. The molecule has 6 heteroatoms. The SMILES string of the molecule is O=C(CC#Cc1ccc(C(=O)NO)cc1)Nc1cc2ccccc2o1. The Morgan fingerprint density at radius 2 is 1.84 bits per heavy atom. The summed E-state index contributed by atoms with van der Waals surface area (Å²) in [6.07, 6.45) is 0.00984. The van der Waals surface area contributed by atoms with E-state index in [0.717, 1.165) is 5.39 Å². The highest BCUT2D eigenvalue weighted by molar-refractivity contribution is 5.94. The van der Waals surface area contributed by atoms with Crippen LogP contribution in [0.4, 0.5) is 5.88 Å². The van der Waals surface area contributed by atoms with E-state index >= 15 is 0 Å². The van der Waals surface area contributed by atoms with Crippen LogP contribution in [0.15, 0.2) is 59.0 Å². The van der Waals surface area contributed by atoms with Crippen LogP contribution in [0.2, 0.25) is 0 Å². The van der Waals surface area contributed by atoms with Gasteiger partial charge in [0.1, 0.15) is 5.58 Å². The number of hydroxylamine groups is 1. The normalized spacial score (nSPS) is 9.96. The van der Waals surface area contributed by atoms with Crippen LogP contribution in [0.25, 0.3) is 11.0 Å². The zero-order valence-corrected chi connectivity index (χ0v) is 13.1. The fourth-order valence-electron chi connectivity index (χ4n) is 2.22. The van der Waals surface area contributed by atoms with Crippen molar-refractivity contribution in [3.05, 3.63) is 65.7 Å². The van der Waals surface area contributed by atoms with E-state index in [0.29, 0.717) is 22.6 Å². The van der Waals surface area contributed by atoms with Gasteiger partial charge >= 0.3 is 0 Å². The molecule has 1 heterocycles. The maximum Gasteiger partial charge on any atom is 0.274 e. The van der Waals surface area contributed by atoms with Crippen molar-refractivity contribution in [2.45, 2.75) is 6.42 Å². The topological polar surface area (TPSA) is 91.6 Å². The lowest BCUT2D eigenvalue weighted by Crippen LogP contribution is -2.18. The quantitative estimate of drug-likeness (QED) is 0.390. The second kappa shape index (κ2) is 7.34. The van der Waals surface area contributed by atoms with Crippen LogP contribution in [0.3, 0.4) is 0 Å². The molecule has 0 aliphatic heterocycles. The standard InChI is InChI=1S/C19H14N2O4/c22-17(20-18-12-15-5-1-2-6-16(15)25-18)7-3-4-13-8-10-14(11-9-13)19(23)21-24/h1-2,5-6,8-12,24H,7H2,(H,20,22)(H,21,23). The van der Waals surface area contributed by atoms with Crippen molar-refractivity contribution in [1.29, 1.82) is 0 Å². The first kappa shape index (κ1) is 16.3. The van der Waals surface area contributed by atoms with Crippen LogP contribution in [-0.2, 0) is 4.79 Å². The van der Waals surface area contributed by atoms with Crippen molar-refractivity contribution in [3.63, 3.8) is 0 Å². The Morgan fingerprint density at radius 1 is 1.08 bits per heavy atom. The summed E-state index contributed by atoms with van der Waals surface area (Å²) in [7, 11) is 0. The van der Waals surface area contributed by atoms with E-state index in [2.05, 4.69) is 17.2 Å². The Kier molecular flexibility index (Phi) is 4.79. The summed E-state index contributed by atoms with van der Waals surface area (Å²) in [5.74, 6) is 5.11. The molecule has 3 rings (SSSR count). The van der Waals surface area contributed by atoms with Gasteiger partial charge in [-0.05, 0) is 30.3 Å². The minimum Gasteiger partial charge on any atom is -0.440 e. The molecule has 0 unspecified atom stereocenters. The number of nitrogens with one attached hydrogen (secondary N) is 2. The molecular weight excluding hydrogens is 320 g/mol. The maximum atomic E-state index is 11.9. The summed E-state index contributed by atoms with van der Waals surface area (Å²) in [6, 6.07) is 15.6. The van der Waals surface area contributed by atoms with Crippen molar-refractivity contribution in [1.82, 2.24) is 5.48 Å². The summed E-state index contributed by atoms with van der Waals surface area (Å²) in [5.41, 5.74) is 3.23. The van der Waals surface area contributed by atoms with Crippen molar-refractivity contribution >= 4 is 28.7 Å². The molecule has 3 aromatic rings. The Hall–Kier alpha value is -3.56. The van der Waals surface area contributed by atoms with E-state index in [4.69, 9.17) is 9.62 Å². The van der Waals surface area contributed by atoms with E-state index in [1.165, 1.54) is 12.1 Å². The maximum absolute atomic E-state index is 11.9. The van der Waals surface area contributed by atoms with Crippen LogP contribution in [0, 0.1) is 11.8 Å². The largest absolute Gasteiger partial charge is 0.440 e. The lowest BCUT2D eigenvalue weighted by atomic mass is 10.1. The average Bonchev–Trinajstić information content (AvgIpc) is 3.03. The number of amides is 2. The van der Waals surface area contributed by atoms with Crippen molar-refractivity contribution in [2.75, 3.05) is 5.32 Å². The van der Waals surface area contributed by atoms with Gasteiger partial charge in [0.2, 0.25) is 11.8 Å². The minimum atomic E-state index is -0.593. The summed E-state index contributed by atoms with van der Waals surface area (Å²) in [4.78, 5) is 23.1. The van der Waals surface area contributed by atoms with Crippen LogP contribution < -0.4 is 10.8 Å². The third kappa shape index (κ3) is 4.05. The minimum absolute atomic E-state index is 0.00984. The smallest absolute Gasteiger partial charge is 0.274 e. The summed E-state index contributed by atoms with van der Waals surface area (Å²) in [5, 5.41) is 12.1. The summed E-state index contributed by atoms with van der Waals surface area (Å²) < 4.78 is 5.51. The number of carbonyl (C=O) groups excluding carboxylic acids is 2. The van der Waals surface area contributed by atoms with Gasteiger partial charge in [0.05, 0.1) is 6.42 Å². The molecule has 6 nitrogen and oxygen atoms in total. The molecule has 0 fully saturated rings. The van der Waals surface area contributed by atoms with Crippen LogP contribution in [-0.4, -0.2) is 17.0 Å². The molecule has 0 saturated carbocycles. The molecule has 0 atom stereocenters. The van der Waals surface area contributed by atoms with Gasteiger partial charge in [0.15, 0.2) is 0 Å². The van der Waals surface area contributed by atoms with E-state index in [9.17, 15) is 9.59 Å². The Bertz CT molecular complexity index is 945. The van der Waals surface area contributed by atoms with E-state index < -0.39 is 5.91 Å². The molecule has 3 N–H and O–H groups in total. The van der Waals surface area contributed by atoms with Gasteiger partial charge < -0.3 is 4.42 Å². The van der Waals surface area contributed by atoms with Gasteiger partial charge in [-0.3, -0.25) is 20.1 Å². The molecular formula is C19H14N2O4. The Morgan fingerprint density at radius 3 is 2.56 bits per heavy atom. The van der Waals surface area contributed by atoms with Crippen LogP contribution >= 0.6 is 0 Å². The van der Waals surface area contributed by atoms with Gasteiger partial charge in [-0.2, -0.15) is 0 Å². The fraction of sp³-hybridized carbons (Fsp3) is 0.0526. The Labute approximate surface area is 143 Å². The number of carbonyl (C=O) groups is 2. The molecule has 124 valence electrons. The predicted octanol–water partition coefficient (Wildman–Crippen LogP) is 2.93. The van der Waals surface area contributed by atoms with Gasteiger partial charge in [-0.15, -0.1) is 0 Å². The molecule has 0 bridgehead atoms. The van der Waals surface area contributed by atoms with Gasteiger partial charge in [-0.1, -0.05) is 30.0 Å². The number of hydrogen-bond acceptors (Lipinski definition) is 4. The van der Waals surface area contributed by atoms with Crippen molar-refractivity contribution < 1.29 is 19.2 Å². The highest BCUT2D eigenvalue weighted by atomic mass is 16.5. The highest BCUT2D eigenvalue weighted by Gasteiger charge is 2.06. The third-order valence-corrected chi connectivity index (χ3v) is 3.42. The number of rotatable bonds is 3. The molecule has 0 aliphatic carbocycles. The first-order valence-corrected chi connectivity index (χ1v) is 7.47. The van der Waals surface area contributed by atoms with E-state index in [1.54, 1.807) is 23.7 Å². The highest BCUT2D eigenvalue weighted by Crippen LogP contribution is 2.22. The molecule has 25 heavy (non-hydrogen) atoms. The van der Waals surface area contributed by atoms with Gasteiger partial charge in [-0.25, -0.2) is 5.48 Å². The number of benzene rings is 2. The van der Waals surface area contributed by atoms with Gasteiger partial charge in [0, 0.05) is 22.6 Å². The van der Waals surface area contributed by atoms with E-state index in [-0.39, 0.29) is 12.3 Å². The number of para-hydroxylation sites is 1. The lowest BCUT2D eigenvalue weighted by Gasteiger charge is -1.98. The molecule has 0 spiro atoms. The van der Waals surface area contributed by atoms with Crippen molar-refractivity contribution in [3.8, 4) is 11.8 Å². The van der Waals surface area contributed by atoms with Gasteiger partial charge in [0.25, 0.3) is 5.91 Å². The van der Waals surface area contributed by atoms with E-state index in [1.807, 2.05) is 24.3 Å². The lowest BCUT2D eigenvalue weighted by molar-refractivity contribution is -0.115. The van der Waals surface area contributed by atoms with Crippen LogP contribution in [0.1, 0.15) is 22.3 Å². The molecule has 0 radical (unpaired) electrons. The molecule has 0 saturated heterocycles. The molecule has 2 amide bonds. The number of hydrogen-bond donors (Lipinski definition) is 3. The van der Waals surface area contributed by atoms with Crippen molar-refractivity contribution in [2.24, 2.45) is 0 Å². The zero-order valence-electron chi connectivity index (χ0n) is 13.1. The number of furan rings is 1. The zero-order chi connectivity index (χ0) is 17.6. The molecule has 2 aromatic carbocycles. The number of fused-ring (bicyclic) bond motifs is 1. The molecule has 0 aliphatic rings. The number of anilines is 1. The molecule has 1 aromatic heterocycles. The Balaban J connectivity index is 1.59. The summed E-state index contributed by atoms with van der Waals surface area (Å²) in [6.45, 7) is 0. The monoisotopic (exact) mass is 334 g/mol. The fourth-order valence-corrected chi connectivity index (χ4v) is 2.22.